The van der Waals surface area contributed by atoms with Crippen LogP contribution in [0.15, 0.2) is 36.4 Å². The van der Waals surface area contributed by atoms with Gasteiger partial charge in [-0.3, -0.25) is 9.59 Å². The van der Waals surface area contributed by atoms with Gasteiger partial charge in [0.05, 0.1) is 9.75 Å². The Morgan fingerprint density at radius 3 is 2.60 bits per heavy atom. The molecule has 0 fully saturated rings. The molecule has 132 valence electrons. The van der Waals surface area contributed by atoms with E-state index in [1.54, 1.807) is 0 Å². The molecule has 0 bridgehead atoms. The number of nitrogens with one attached hydrogen (secondary N) is 1. The van der Waals surface area contributed by atoms with E-state index >= 15 is 0 Å². The van der Waals surface area contributed by atoms with Crippen LogP contribution in [0.2, 0.25) is 0 Å². The average molecular weight is 367 g/mol. The van der Waals surface area contributed by atoms with Crippen molar-refractivity contribution >= 4 is 23.0 Å². The number of alkyl halides is 3. The minimum atomic E-state index is -4.93. The summed E-state index contributed by atoms with van der Waals surface area (Å²) >= 11 is 0.567. The standard InChI is InChI=1S/C18H16F3NO2S/c19-18(20,21)16(23)14-8-9-15(25-14)17(24)22-10-12-6-3-5-11-4-1-2-7-13(11)12/h1-2,4,7-9,12H,3,5-6,10H2,(H,22,24). The van der Waals surface area contributed by atoms with Crippen molar-refractivity contribution in [1.29, 1.82) is 0 Å². The van der Waals surface area contributed by atoms with Crippen molar-refractivity contribution in [2.45, 2.75) is 31.4 Å². The normalized spacial score (nSPS) is 17.0. The number of carbonyl (C=O) groups excluding carboxylic acids is 2. The largest absolute Gasteiger partial charge is 0.455 e. The molecule has 0 spiro atoms. The highest BCUT2D eigenvalue weighted by molar-refractivity contribution is 7.16. The van der Waals surface area contributed by atoms with Crippen LogP contribution in [0.4, 0.5) is 13.2 Å². The first kappa shape index (κ1) is 17.7. The maximum absolute atomic E-state index is 12.4. The monoisotopic (exact) mass is 367 g/mol. The number of ketones is 1. The van der Waals surface area contributed by atoms with Crippen molar-refractivity contribution in [2.75, 3.05) is 6.54 Å². The molecule has 1 aromatic carbocycles. The summed E-state index contributed by atoms with van der Waals surface area (Å²) in [6.07, 6.45) is -1.90. The van der Waals surface area contributed by atoms with Gasteiger partial charge in [0.2, 0.25) is 0 Å². The third-order valence-corrected chi connectivity index (χ3v) is 5.40. The highest BCUT2D eigenvalue weighted by atomic mass is 32.1. The Bertz CT molecular complexity index is 798. The van der Waals surface area contributed by atoms with Crippen LogP contribution >= 0.6 is 11.3 Å². The van der Waals surface area contributed by atoms with Gasteiger partial charge in [0.25, 0.3) is 11.7 Å². The lowest BCUT2D eigenvalue weighted by Crippen LogP contribution is -2.29. The molecule has 1 aliphatic carbocycles. The maximum Gasteiger partial charge on any atom is 0.455 e. The number of halogens is 3. The van der Waals surface area contributed by atoms with E-state index in [4.69, 9.17) is 0 Å². The highest BCUT2D eigenvalue weighted by Gasteiger charge is 2.40. The van der Waals surface area contributed by atoms with E-state index in [1.165, 1.54) is 17.2 Å². The summed E-state index contributed by atoms with van der Waals surface area (Å²) in [4.78, 5) is 23.0. The lowest BCUT2D eigenvalue weighted by atomic mass is 9.83. The second kappa shape index (κ2) is 7.00. The second-order valence-corrected chi connectivity index (χ2v) is 7.07. The number of fused-ring (bicyclic) bond motifs is 1. The minimum Gasteiger partial charge on any atom is -0.351 e. The molecule has 25 heavy (non-hydrogen) atoms. The minimum absolute atomic E-state index is 0.108. The molecule has 1 unspecified atom stereocenters. The molecule has 3 nitrogen and oxygen atoms in total. The van der Waals surface area contributed by atoms with Crippen LogP contribution in [-0.4, -0.2) is 24.4 Å². The van der Waals surface area contributed by atoms with Gasteiger partial charge >= 0.3 is 6.18 Å². The van der Waals surface area contributed by atoms with Crippen LogP contribution in [0.25, 0.3) is 0 Å². The van der Waals surface area contributed by atoms with Crippen LogP contribution in [0.1, 0.15) is 49.2 Å². The van der Waals surface area contributed by atoms with Crippen LogP contribution in [0.3, 0.4) is 0 Å². The number of Topliss-reactive ketones (excluding diaryl/α,β-unsaturated/α-hetero) is 1. The van der Waals surface area contributed by atoms with E-state index in [1.807, 2.05) is 12.1 Å². The van der Waals surface area contributed by atoms with Gasteiger partial charge in [0, 0.05) is 12.5 Å². The molecule has 1 heterocycles. The summed E-state index contributed by atoms with van der Waals surface area (Å²) < 4.78 is 37.3. The fourth-order valence-electron chi connectivity index (χ4n) is 3.09. The van der Waals surface area contributed by atoms with Crippen molar-refractivity contribution in [3.05, 3.63) is 57.3 Å². The molecule has 0 saturated carbocycles. The summed E-state index contributed by atoms with van der Waals surface area (Å²) in [5.74, 6) is -2.17. The SMILES string of the molecule is O=C(NCC1CCCc2ccccc21)c1ccc(C(=O)C(F)(F)F)s1. The van der Waals surface area contributed by atoms with E-state index < -0.39 is 22.7 Å². The number of amides is 1. The molecule has 1 atom stereocenters. The number of carbonyl (C=O) groups is 2. The molecule has 0 saturated heterocycles. The Balaban J connectivity index is 1.65. The lowest BCUT2D eigenvalue weighted by molar-refractivity contribution is -0.0882. The molecule has 2 aromatic rings. The number of hydrogen-bond donors (Lipinski definition) is 1. The number of rotatable bonds is 4. The van der Waals surface area contributed by atoms with Gasteiger partial charge in [-0.2, -0.15) is 13.2 Å². The van der Waals surface area contributed by atoms with Gasteiger partial charge in [0.1, 0.15) is 0 Å². The van der Waals surface area contributed by atoms with Gasteiger partial charge < -0.3 is 5.32 Å². The van der Waals surface area contributed by atoms with Crippen LogP contribution in [0.5, 0.6) is 0 Å². The number of benzene rings is 1. The predicted octanol–water partition coefficient (Wildman–Crippen LogP) is 4.34. The zero-order valence-corrected chi connectivity index (χ0v) is 14.0. The first-order valence-electron chi connectivity index (χ1n) is 7.93. The number of thiophene rings is 1. The Hall–Kier alpha value is -2.15. The van der Waals surface area contributed by atoms with Crippen LogP contribution in [-0.2, 0) is 6.42 Å². The van der Waals surface area contributed by atoms with E-state index in [-0.39, 0.29) is 10.8 Å². The smallest absolute Gasteiger partial charge is 0.351 e. The highest BCUT2D eigenvalue weighted by Crippen LogP contribution is 2.31. The van der Waals surface area contributed by atoms with Crippen molar-refractivity contribution in [3.8, 4) is 0 Å². The van der Waals surface area contributed by atoms with Crippen LogP contribution in [0, 0.1) is 0 Å². The molecular formula is C18H16F3NO2S. The summed E-state index contributed by atoms with van der Waals surface area (Å²) in [6.45, 7) is 0.427. The molecule has 3 rings (SSSR count). The summed E-state index contributed by atoms with van der Waals surface area (Å²) in [5, 5.41) is 2.78. The van der Waals surface area contributed by atoms with Crippen molar-refractivity contribution in [1.82, 2.24) is 5.32 Å². The molecule has 0 radical (unpaired) electrons. The fraction of sp³-hybridized carbons (Fsp3) is 0.333. The van der Waals surface area contributed by atoms with Gasteiger partial charge in [0.15, 0.2) is 0 Å². The molecule has 1 aliphatic rings. The van der Waals surface area contributed by atoms with Crippen molar-refractivity contribution in [2.24, 2.45) is 0 Å². The molecule has 1 amide bonds. The zero-order valence-electron chi connectivity index (χ0n) is 13.2. The number of hydrogen-bond acceptors (Lipinski definition) is 3. The Morgan fingerprint density at radius 1 is 1.12 bits per heavy atom. The third-order valence-electron chi connectivity index (χ3n) is 4.31. The molecule has 7 heteroatoms. The number of aryl methyl sites for hydroxylation is 1. The topological polar surface area (TPSA) is 46.2 Å². The van der Waals surface area contributed by atoms with Gasteiger partial charge in [-0.15, -0.1) is 11.3 Å². The summed E-state index contributed by atoms with van der Waals surface area (Å²) in [6, 6.07) is 10.4. The maximum atomic E-state index is 12.4. The quantitative estimate of drug-likeness (QED) is 0.817. The molecule has 1 aromatic heterocycles. The first-order valence-corrected chi connectivity index (χ1v) is 8.75. The van der Waals surface area contributed by atoms with Crippen molar-refractivity contribution < 1.29 is 22.8 Å². The predicted molar refractivity (Wildman–Crippen MR) is 89.2 cm³/mol. The molecule has 1 N–H and O–H groups in total. The summed E-state index contributed by atoms with van der Waals surface area (Å²) in [7, 11) is 0. The Morgan fingerprint density at radius 2 is 1.84 bits per heavy atom. The lowest BCUT2D eigenvalue weighted by Gasteiger charge is -2.25. The van der Waals surface area contributed by atoms with E-state index in [0.717, 1.165) is 25.3 Å². The second-order valence-electron chi connectivity index (χ2n) is 5.99. The Labute approximate surface area is 146 Å². The molecule has 0 aliphatic heterocycles. The third kappa shape index (κ3) is 3.92. The zero-order chi connectivity index (χ0) is 18.0. The van der Waals surface area contributed by atoms with E-state index in [2.05, 4.69) is 17.4 Å². The van der Waals surface area contributed by atoms with E-state index in [0.29, 0.717) is 17.9 Å². The summed E-state index contributed by atoms with van der Waals surface area (Å²) in [5.41, 5.74) is 2.50. The van der Waals surface area contributed by atoms with E-state index in [9.17, 15) is 22.8 Å². The van der Waals surface area contributed by atoms with Gasteiger partial charge in [-0.1, -0.05) is 24.3 Å². The fourth-order valence-corrected chi connectivity index (χ4v) is 3.97. The van der Waals surface area contributed by atoms with Crippen molar-refractivity contribution in [3.63, 3.8) is 0 Å². The first-order chi connectivity index (χ1) is 11.9. The van der Waals surface area contributed by atoms with Gasteiger partial charge in [-0.25, -0.2) is 0 Å². The molecular weight excluding hydrogens is 351 g/mol. The van der Waals surface area contributed by atoms with Crippen LogP contribution < -0.4 is 5.32 Å². The van der Waals surface area contributed by atoms with Gasteiger partial charge in [-0.05, 0) is 42.5 Å². The Kier molecular flexibility index (Phi) is 4.94. The average Bonchev–Trinajstić information content (AvgIpc) is 3.08.